The van der Waals surface area contributed by atoms with Gasteiger partial charge in [0.2, 0.25) is 5.91 Å². The molecule has 0 saturated carbocycles. The number of hydrazine groups is 1. The van der Waals surface area contributed by atoms with E-state index >= 15 is 0 Å². The van der Waals surface area contributed by atoms with Crippen molar-refractivity contribution >= 4 is 39.3 Å². The van der Waals surface area contributed by atoms with Crippen LogP contribution in [0, 0.1) is 0 Å². The van der Waals surface area contributed by atoms with Gasteiger partial charge in [-0.2, -0.15) is 0 Å². The van der Waals surface area contributed by atoms with Gasteiger partial charge in [0.25, 0.3) is 0 Å². The maximum Gasteiger partial charge on any atom is 0.233 e. The number of rotatable bonds is 5. The number of carbonyl (C=O) groups excluding carboxylic acids is 1. The zero-order chi connectivity index (χ0) is 12.8. The number of nitrogens with two attached hydrogens (primary N) is 2. The second-order valence-electron chi connectivity index (χ2n) is 3.72. The molecule has 0 heterocycles. The fourth-order valence-electron chi connectivity index (χ4n) is 1.29. The predicted molar refractivity (Wildman–Crippen MR) is 75.4 cm³/mol. The van der Waals surface area contributed by atoms with Crippen LogP contribution in [0.3, 0.4) is 0 Å². The summed E-state index contributed by atoms with van der Waals surface area (Å²) in [6.07, 6.45) is 1.19. The summed E-state index contributed by atoms with van der Waals surface area (Å²) in [5.41, 5.74) is 8.76. The highest BCUT2D eigenvalue weighted by atomic mass is 79.9. The van der Waals surface area contributed by atoms with Crippen LogP contribution in [0.1, 0.15) is 19.8 Å². The number of hydrogen-bond donors (Lipinski definition) is 3. The third-order valence-corrected chi connectivity index (χ3v) is 3.98. The van der Waals surface area contributed by atoms with Crippen LogP contribution in [-0.4, -0.2) is 11.2 Å². The van der Waals surface area contributed by atoms with Gasteiger partial charge in [-0.3, -0.25) is 10.2 Å². The molecule has 1 aromatic rings. The zero-order valence-corrected chi connectivity index (χ0v) is 12.0. The summed E-state index contributed by atoms with van der Waals surface area (Å²) in [5, 5.41) is 0.309. The summed E-state index contributed by atoms with van der Waals surface area (Å²) < 4.78 is 1.00. The number of thioether (sulfide) groups is 1. The zero-order valence-electron chi connectivity index (χ0n) is 9.57. The highest BCUT2D eigenvalue weighted by molar-refractivity contribution is 9.10. The van der Waals surface area contributed by atoms with Crippen LogP contribution in [0.2, 0.25) is 0 Å². The molecule has 1 amide bonds. The number of anilines is 1. The summed E-state index contributed by atoms with van der Waals surface area (Å²) in [6.45, 7) is 2.06. The molecule has 6 heteroatoms. The Labute approximate surface area is 114 Å². The minimum atomic E-state index is -0.139. The van der Waals surface area contributed by atoms with Crippen LogP contribution < -0.4 is 17.0 Å². The lowest BCUT2D eigenvalue weighted by atomic mass is 10.2. The van der Waals surface area contributed by atoms with Gasteiger partial charge in [0, 0.05) is 26.7 Å². The molecule has 5 N–H and O–H groups in total. The summed E-state index contributed by atoms with van der Waals surface area (Å²) in [4.78, 5) is 12.0. The Bertz CT molecular complexity index is 400. The lowest BCUT2D eigenvalue weighted by Gasteiger charge is -2.12. The first-order valence-corrected chi connectivity index (χ1v) is 6.91. The van der Waals surface area contributed by atoms with Crippen molar-refractivity contribution in [2.45, 2.75) is 29.9 Å². The van der Waals surface area contributed by atoms with Crippen molar-refractivity contribution < 1.29 is 4.79 Å². The Kier molecular flexibility index (Phi) is 5.80. The van der Waals surface area contributed by atoms with Gasteiger partial charge in [0.1, 0.15) is 0 Å². The fraction of sp³-hybridized carbons (Fsp3) is 0.364. The normalized spacial score (nSPS) is 12.2. The molecule has 0 fully saturated rings. The molecule has 1 aromatic carbocycles. The Morgan fingerprint density at radius 1 is 1.59 bits per heavy atom. The summed E-state index contributed by atoms with van der Waals surface area (Å²) >= 11 is 5.07. The molecular formula is C11H16BrN3OS. The Balaban J connectivity index is 2.52. The Morgan fingerprint density at radius 2 is 2.29 bits per heavy atom. The largest absolute Gasteiger partial charge is 0.398 e. The number of nitrogen functional groups attached to an aromatic ring is 1. The fourth-order valence-corrected chi connectivity index (χ4v) is 2.87. The van der Waals surface area contributed by atoms with Crippen LogP contribution in [-0.2, 0) is 4.79 Å². The molecule has 4 nitrogen and oxygen atoms in total. The van der Waals surface area contributed by atoms with Crippen LogP contribution in [0.15, 0.2) is 27.6 Å². The van der Waals surface area contributed by atoms with Crippen LogP contribution in [0.25, 0.3) is 0 Å². The van der Waals surface area contributed by atoms with Gasteiger partial charge in [-0.05, 0) is 24.6 Å². The smallest absolute Gasteiger partial charge is 0.233 e. The Morgan fingerprint density at radius 3 is 2.94 bits per heavy atom. The number of benzene rings is 1. The first-order chi connectivity index (χ1) is 8.02. The van der Waals surface area contributed by atoms with Crippen molar-refractivity contribution in [1.82, 2.24) is 5.43 Å². The topological polar surface area (TPSA) is 81.1 Å². The number of hydrogen-bond acceptors (Lipinski definition) is 4. The van der Waals surface area contributed by atoms with E-state index in [1.807, 2.05) is 18.2 Å². The van der Waals surface area contributed by atoms with Crippen LogP contribution in [0.4, 0.5) is 5.69 Å². The maximum atomic E-state index is 11.0. The van der Waals surface area contributed by atoms with Crippen molar-refractivity contribution in [3.05, 3.63) is 22.7 Å². The van der Waals surface area contributed by atoms with Crippen molar-refractivity contribution in [2.24, 2.45) is 5.84 Å². The van der Waals surface area contributed by atoms with E-state index in [4.69, 9.17) is 11.6 Å². The van der Waals surface area contributed by atoms with Gasteiger partial charge in [-0.1, -0.05) is 22.9 Å². The van der Waals surface area contributed by atoms with E-state index in [9.17, 15) is 4.79 Å². The molecule has 0 spiro atoms. The molecule has 1 atom stereocenters. The highest BCUT2D eigenvalue weighted by Crippen LogP contribution is 2.32. The van der Waals surface area contributed by atoms with E-state index in [-0.39, 0.29) is 5.91 Å². The number of amides is 1. The van der Waals surface area contributed by atoms with Crippen LogP contribution >= 0.6 is 27.7 Å². The van der Waals surface area contributed by atoms with Gasteiger partial charge in [-0.25, -0.2) is 5.84 Å². The minimum absolute atomic E-state index is 0.139. The molecule has 0 bridgehead atoms. The second-order valence-corrected chi connectivity index (χ2v) is 6.11. The van der Waals surface area contributed by atoms with E-state index in [1.54, 1.807) is 11.8 Å². The molecule has 17 heavy (non-hydrogen) atoms. The van der Waals surface area contributed by atoms with Gasteiger partial charge < -0.3 is 5.73 Å². The number of halogens is 1. The van der Waals surface area contributed by atoms with Crippen molar-refractivity contribution in [1.29, 1.82) is 0 Å². The number of carbonyl (C=O) groups is 1. The van der Waals surface area contributed by atoms with Crippen molar-refractivity contribution in [2.75, 3.05) is 5.73 Å². The molecule has 1 unspecified atom stereocenters. The summed E-state index contributed by atoms with van der Waals surface area (Å²) in [5.74, 6) is 4.88. The third-order valence-electron chi connectivity index (χ3n) is 2.24. The molecule has 1 rings (SSSR count). The number of nitrogens with one attached hydrogen (secondary N) is 1. The summed E-state index contributed by atoms with van der Waals surface area (Å²) in [6, 6.07) is 5.76. The molecule has 94 valence electrons. The quantitative estimate of drug-likeness (QED) is 0.256. The van der Waals surface area contributed by atoms with Crippen molar-refractivity contribution in [3.63, 3.8) is 0 Å². The first-order valence-electron chi connectivity index (χ1n) is 5.24. The monoisotopic (exact) mass is 317 g/mol. The lowest BCUT2D eigenvalue weighted by Crippen LogP contribution is -2.30. The molecule has 0 saturated heterocycles. The molecule has 0 aromatic heterocycles. The summed E-state index contributed by atoms with van der Waals surface area (Å²) in [7, 11) is 0. The van der Waals surface area contributed by atoms with Crippen LogP contribution in [0.5, 0.6) is 0 Å². The first kappa shape index (κ1) is 14.3. The average Bonchev–Trinajstić information content (AvgIpc) is 2.30. The molecular weight excluding hydrogens is 302 g/mol. The third kappa shape index (κ3) is 4.97. The molecule has 0 aliphatic heterocycles. The molecule has 0 aliphatic carbocycles. The Hall–Kier alpha value is -0.720. The molecule has 0 radical (unpaired) electrons. The van der Waals surface area contributed by atoms with E-state index in [2.05, 4.69) is 28.3 Å². The van der Waals surface area contributed by atoms with Crippen molar-refractivity contribution in [3.8, 4) is 0 Å². The van der Waals surface area contributed by atoms with Gasteiger partial charge in [-0.15, -0.1) is 11.8 Å². The van der Waals surface area contributed by atoms with Gasteiger partial charge in [0.05, 0.1) is 0 Å². The molecule has 0 aliphatic rings. The second kappa shape index (κ2) is 6.88. The van der Waals surface area contributed by atoms with Gasteiger partial charge in [0.15, 0.2) is 0 Å². The van der Waals surface area contributed by atoms with E-state index in [1.165, 1.54) is 0 Å². The van der Waals surface area contributed by atoms with E-state index in [0.717, 1.165) is 21.5 Å². The standard InChI is InChI=1S/C11H16BrN3OS/c1-7(2-5-11(16)15-14)17-10-6-8(12)3-4-9(10)13/h3-4,6-7H,2,5,13-14H2,1H3,(H,15,16). The highest BCUT2D eigenvalue weighted by Gasteiger charge is 2.09. The van der Waals surface area contributed by atoms with E-state index in [0.29, 0.717) is 11.7 Å². The SMILES string of the molecule is CC(CCC(=O)NN)Sc1cc(Br)ccc1N. The van der Waals surface area contributed by atoms with E-state index < -0.39 is 0 Å². The van der Waals surface area contributed by atoms with Gasteiger partial charge >= 0.3 is 0 Å². The average molecular weight is 318 g/mol. The minimum Gasteiger partial charge on any atom is -0.398 e. The lowest BCUT2D eigenvalue weighted by molar-refractivity contribution is -0.121. The predicted octanol–water partition coefficient (Wildman–Crippen LogP) is 2.28. The maximum absolute atomic E-state index is 11.0.